The summed E-state index contributed by atoms with van der Waals surface area (Å²) in [5.74, 6) is -4.20. The van der Waals surface area contributed by atoms with Crippen LogP contribution in [0.4, 0.5) is 11.4 Å². The standard InChI is InChI=1S/C43H57BrN4O8/c1-8-12-18-34(50)45-32(26-54-7)37(28-16-14-13-15-17-28)55-42(53)35-36-40(51)48(33(25-49)27(5)6)39(43(36)24-31(44)38(35)56-43)41(52)47(23-9-2)30-21-19-29(20-22-30)46(10-3)11-4/h8-9,13-17,19-22,27,31-33,35-39,49H,1-2,10-12,18,23-26H2,3-7H3,(H,45,50)/t31?,32-,33-,35+,36-,37-,38+,39+,43-/m0/s1. The fourth-order valence-electron chi connectivity index (χ4n) is 8.75. The number of methoxy groups -OCH3 is 1. The Bertz CT molecular complexity index is 1700. The van der Waals surface area contributed by atoms with Gasteiger partial charge < -0.3 is 39.3 Å². The van der Waals surface area contributed by atoms with E-state index in [2.05, 4.69) is 53.2 Å². The smallest absolute Gasteiger partial charge is 0.313 e. The van der Waals surface area contributed by atoms with Crippen LogP contribution in [0.2, 0.25) is 0 Å². The van der Waals surface area contributed by atoms with Crippen molar-refractivity contribution >= 4 is 51.0 Å². The molecule has 3 fully saturated rings. The molecule has 0 aliphatic carbocycles. The monoisotopic (exact) mass is 836 g/mol. The number of carbonyl (C=O) groups excluding carboxylic acids is 4. The minimum atomic E-state index is -1.41. The minimum Gasteiger partial charge on any atom is -0.455 e. The molecule has 3 amide bonds. The number of alkyl halides is 1. The number of hydrogen-bond acceptors (Lipinski definition) is 9. The number of carbonyl (C=O) groups is 4. The normalized spacial score (nSPS) is 25.3. The SMILES string of the molecule is C=CCCC(=O)N[C@@H](COC)[C@@H](OC(=O)[C@H]1[C@@H]2O[C@@]3(CC2Br)[C@@H]1C(=O)N([C@@H](CO)C(C)C)[C@@H]3C(=O)N(CC=C)c1ccc(N(CC)CC)cc1)c1ccccc1. The van der Waals surface area contributed by atoms with E-state index in [1.165, 1.54) is 12.0 Å². The number of aliphatic hydroxyl groups excluding tert-OH is 1. The summed E-state index contributed by atoms with van der Waals surface area (Å²) in [6, 6.07) is 14.1. The van der Waals surface area contributed by atoms with Crippen molar-refractivity contribution < 1.29 is 38.5 Å². The van der Waals surface area contributed by atoms with Crippen LogP contribution in [0.3, 0.4) is 0 Å². The minimum absolute atomic E-state index is 0.0383. The molecule has 0 radical (unpaired) electrons. The molecular weight excluding hydrogens is 780 g/mol. The van der Waals surface area contributed by atoms with Gasteiger partial charge in [-0.2, -0.15) is 0 Å². The van der Waals surface area contributed by atoms with Gasteiger partial charge in [-0.05, 0) is 62.4 Å². The number of esters is 1. The molecule has 12 nitrogen and oxygen atoms in total. The van der Waals surface area contributed by atoms with Crippen molar-refractivity contribution in [2.75, 3.05) is 49.8 Å². The molecule has 2 bridgehead atoms. The third-order valence-electron chi connectivity index (χ3n) is 11.4. The third kappa shape index (κ3) is 8.32. The molecule has 3 saturated heterocycles. The van der Waals surface area contributed by atoms with Crippen molar-refractivity contribution in [1.82, 2.24) is 10.2 Å². The number of aliphatic hydroxyl groups is 1. The number of nitrogens with zero attached hydrogens (tertiary/aromatic N) is 3. The molecule has 5 rings (SSSR count). The summed E-state index contributed by atoms with van der Waals surface area (Å²) in [6.45, 7) is 17.0. The molecule has 1 spiro atoms. The molecule has 3 heterocycles. The van der Waals surface area contributed by atoms with Gasteiger partial charge in [0.05, 0.1) is 43.2 Å². The molecule has 13 heteroatoms. The number of fused-ring (bicyclic) bond motifs is 1. The lowest BCUT2D eigenvalue weighted by Crippen LogP contribution is -2.60. The Morgan fingerprint density at radius 1 is 1.07 bits per heavy atom. The first-order chi connectivity index (χ1) is 26.9. The van der Waals surface area contributed by atoms with Crippen LogP contribution >= 0.6 is 15.9 Å². The molecule has 3 aliphatic rings. The fraction of sp³-hybridized carbons (Fsp3) is 0.535. The summed E-state index contributed by atoms with van der Waals surface area (Å²) in [5.41, 5.74) is 0.848. The van der Waals surface area contributed by atoms with Crippen molar-refractivity contribution in [3.63, 3.8) is 0 Å². The Balaban J connectivity index is 1.56. The first kappa shape index (κ1) is 43.1. The maximum absolute atomic E-state index is 15.2. The van der Waals surface area contributed by atoms with Gasteiger partial charge in [0.1, 0.15) is 17.7 Å². The number of benzene rings is 2. The lowest BCUT2D eigenvalue weighted by Gasteiger charge is -2.40. The molecule has 304 valence electrons. The Morgan fingerprint density at radius 2 is 1.73 bits per heavy atom. The highest BCUT2D eigenvalue weighted by Gasteiger charge is 2.78. The van der Waals surface area contributed by atoms with Crippen LogP contribution in [0.15, 0.2) is 79.9 Å². The summed E-state index contributed by atoms with van der Waals surface area (Å²) >= 11 is 3.76. The average Bonchev–Trinajstić information content (AvgIpc) is 3.79. The van der Waals surface area contributed by atoms with E-state index >= 15 is 4.79 Å². The van der Waals surface area contributed by atoms with Gasteiger partial charge in [-0.25, -0.2) is 0 Å². The second-order valence-corrected chi connectivity index (χ2v) is 16.2. The molecule has 56 heavy (non-hydrogen) atoms. The van der Waals surface area contributed by atoms with E-state index in [0.717, 1.165) is 18.8 Å². The zero-order valence-electron chi connectivity index (χ0n) is 33.1. The molecule has 0 saturated carbocycles. The second-order valence-electron chi connectivity index (χ2n) is 15.1. The predicted molar refractivity (Wildman–Crippen MR) is 219 cm³/mol. The van der Waals surface area contributed by atoms with E-state index in [0.29, 0.717) is 17.7 Å². The van der Waals surface area contributed by atoms with Crippen molar-refractivity contribution in [3.8, 4) is 0 Å². The van der Waals surface area contributed by atoms with Crippen molar-refractivity contribution in [2.45, 2.75) is 87.7 Å². The van der Waals surface area contributed by atoms with E-state index in [4.69, 9.17) is 14.2 Å². The average molecular weight is 838 g/mol. The summed E-state index contributed by atoms with van der Waals surface area (Å²) < 4.78 is 18.7. The first-order valence-electron chi connectivity index (χ1n) is 19.6. The summed E-state index contributed by atoms with van der Waals surface area (Å²) in [4.78, 5) is 62.8. The van der Waals surface area contributed by atoms with E-state index in [9.17, 15) is 19.5 Å². The molecule has 0 aromatic heterocycles. The van der Waals surface area contributed by atoms with Gasteiger partial charge in [-0.3, -0.25) is 19.2 Å². The highest BCUT2D eigenvalue weighted by molar-refractivity contribution is 9.09. The van der Waals surface area contributed by atoms with E-state index < -0.39 is 77.0 Å². The molecule has 1 unspecified atom stereocenters. The van der Waals surface area contributed by atoms with Crippen molar-refractivity contribution in [3.05, 3.63) is 85.5 Å². The van der Waals surface area contributed by atoms with Crippen molar-refractivity contribution in [1.29, 1.82) is 0 Å². The largest absolute Gasteiger partial charge is 0.455 e. The van der Waals surface area contributed by atoms with Gasteiger partial charge in [-0.15, -0.1) is 13.2 Å². The van der Waals surface area contributed by atoms with Crippen LogP contribution in [0.1, 0.15) is 58.6 Å². The Kier molecular flexibility index (Phi) is 14.6. The molecule has 3 aliphatic heterocycles. The maximum Gasteiger partial charge on any atom is 0.313 e. The van der Waals surface area contributed by atoms with E-state index in [1.54, 1.807) is 29.2 Å². The van der Waals surface area contributed by atoms with E-state index in [-0.39, 0.29) is 37.8 Å². The zero-order valence-corrected chi connectivity index (χ0v) is 34.7. The van der Waals surface area contributed by atoms with Gasteiger partial charge in [0.25, 0.3) is 5.91 Å². The van der Waals surface area contributed by atoms with Crippen LogP contribution < -0.4 is 15.1 Å². The van der Waals surface area contributed by atoms with Crippen LogP contribution in [0.5, 0.6) is 0 Å². The topological polar surface area (TPSA) is 138 Å². The lowest BCUT2D eigenvalue weighted by molar-refractivity contribution is -0.163. The molecule has 2 N–H and O–H groups in total. The van der Waals surface area contributed by atoms with Gasteiger partial charge in [-0.1, -0.05) is 72.3 Å². The van der Waals surface area contributed by atoms with Crippen LogP contribution in [-0.2, 0) is 33.4 Å². The molecular formula is C43H57BrN4O8. The quantitative estimate of drug-likeness (QED) is 0.105. The lowest BCUT2D eigenvalue weighted by atomic mass is 9.70. The van der Waals surface area contributed by atoms with Crippen LogP contribution in [0, 0.1) is 17.8 Å². The Morgan fingerprint density at radius 3 is 2.30 bits per heavy atom. The highest BCUT2D eigenvalue weighted by Crippen LogP contribution is 2.61. The maximum atomic E-state index is 15.2. The molecule has 2 aromatic carbocycles. The van der Waals surface area contributed by atoms with Crippen molar-refractivity contribution in [2.24, 2.45) is 17.8 Å². The third-order valence-corrected chi connectivity index (χ3v) is 12.3. The number of likely N-dealkylation sites (tertiary alicyclic amines) is 1. The first-order valence-corrected chi connectivity index (χ1v) is 20.5. The number of hydrogen-bond donors (Lipinski definition) is 2. The second kappa shape index (κ2) is 18.9. The summed E-state index contributed by atoms with van der Waals surface area (Å²) in [5, 5.41) is 13.7. The number of rotatable bonds is 20. The number of amides is 3. The van der Waals surface area contributed by atoms with Crippen LogP contribution in [-0.4, -0.2) is 108 Å². The number of ether oxygens (including phenoxy) is 3. The molecule has 9 atom stereocenters. The summed E-state index contributed by atoms with van der Waals surface area (Å²) in [7, 11) is 1.50. The Labute approximate surface area is 339 Å². The number of allylic oxidation sites excluding steroid dienone is 1. The van der Waals surface area contributed by atoms with Gasteiger partial charge in [0.2, 0.25) is 11.8 Å². The van der Waals surface area contributed by atoms with Gasteiger partial charge in [0, 0.05) is 49.4 Å². The number of halogens is 1. The number of anilines is 2. The van der Waals surface area contributed by atoms with E-state index in [1.807, 2.05) is 56.3 Å². The Hall–Kier alpha value is -4.04. The molecule has 2 aromatic rings. The number of nitrogens with one attached hydrogen (secondary N) is 1. The van der Waals surface area contributed by atoms with Gasteiger partial charge >= 0.3 is 5.97 Å². The van der Waals surface area contributed by atoms with Gasteiger partial charge in [0.15, 0.2) is 0 Å². The zero-order chi connectivity index (χ0) is 40.7. The van der Waals surface area contributed by atoms with Crippen LogP contribution in [0.25, 0.3) is 0 Å². The predicted octanol–water partition coefficient (Wildman–Crippen LogP) is 5.20. The highest BCUT2D eigenvalue weighted by atomic mass is 79.9. The summed E-state index contributed by atoms with van der Waals surface area (Å²) in [6.07, 6.45) is 2.45. The fourth-order valence-corrected chi connectivity index (χ4v) is 9.69.